The number of carbonyl (C=O) groups excluding carboxylic acids is 12. The average Bonchev–Trinajstić information content (AvgIpc) is 0.792. The first-order valence-electron chi connectivity index (χ1n) is 35.2. The Bertz CT molecular complexity index is 3420. The van der Waals surface area contributed by atoms with Crippen LogP contribution in [0.5, 0.6) is 0 Å². The number of hydrogen-bond donors (Lipinski definition) is 0. The van der Waals surface area contributed by atoms with Gasteiger partial charge in [0.25, 0.3) is 0 Å². The maximum absolute atomic E-state index is 13.3. The number of rotatable bonds is 44. The van der Waals surface area contributed by atoms with Crippen LogP contribution >= 0.6 is 70.6 Å². The lowest BCUT2D eigenvalue weighted by Crippen LogP contribution is -2.36. The number of thioether (sulfide) groups is 4. The molecule has 608 valence electrons. The van der Waals surface area contributed by atoms with Gasteiger partial charge in [-0.1, -0.05) is 58.9 Å². The molecule has 0 aliphatic heterocycles. The zero-order valence-corrected chi connectivity index (χ0v) is 71.5. The van der Waals surface area contributed by atoms with Crippen molar-refractivity contribution in [2.24, 2.45) is 45.3 Å². The number of benzene rings is 4. The molecule has 4 rings (SSSR count). The molecule has 8 unspecified atom stereocenters. The Kier molecular flexibility index (Phi) is 42.1. The molecule has 0 aliphatic carbocycles. The highest BCUT2D eigenvalue weighted by Gasteiger charge is 2.43. The van der Waals surface area contributed by atoms with Crippen molar-refractivity contribution in [1.82, 2.24) is 0 Å². The van der Waals surface area contributed by atoms with Crippen LogP contribution in [0.2, 0.25) is 0 Å². The third-order valence-corrected chi connectivity index (χ3v) is 24.0. The second kappa shape index (κ2) is 47.9. The summed E-state index contributed by atoms with van der Waals surface area (Å²) in [7, 11) is 10.1. The monoisotopic (exact) mass is 1640 g/mol. The van der Waals surface area contributed by atoms with E-state index in [0.29, 0.717) is 0 Å². The van der Waals surface area contributed by atoms with Crippen LogP contribution in [0, 0.1) is 59.2 Å². The van der Waals surface area contributed by atoms with Crippen LogP contribution in [0.25, 0.3) is 0 Å². The van der Waals surface area contributed by atoms with Gasteiger partial charge >= 0.3 is 71.6 Å². The maximum atomic E-state index is 13.3. The normalized spacial score (nSPS) is 13.7. The van der Waals surface area contributed by atoms with Crippen molar-refractivity contribution < 1.29 is 114 Å². The quantitative estimate of drug-likeness (QED) is 0.0172. The fraction of sp³-hybridized carbons (Fsp3) is 0.550. The zero-order valence-electron chi connectivity index (χ0n) is 66.6. The Labute approximate surface area is 672 Å². The van der Waals surface area contributed by atoms with Gasteiger partial charge in [0.15, 0.2) is 0 Å². The third-order valence-electron chi connectivity index (χ3n) is 17.6. The van der Waals surface area contributed by atoms with Crippen LogP contribution in [0.4, 0.5) is 0 Å². The van der Waals surface area contributed by atoms with Gasteiger partial charge in [-0.3, -0.25) is 57.5 Å². The van der Waals surface area contributed by atoms with Crippen molar-refractivity contribution in [2.75, 3.05) is 95.8 Å². The molecule has 8 atom stereocenters. The average molecular weight is 1650 g/mol. The molecule has 0 fully saturated rings. The first-order chi connectivity index (χ1) is 51.8. The maximum Gasteiger partial charge on any atom is 0.319 e. The summed E-state index contributed by atoms with van der Waals surface area (Å²) >= 11 is 8.22. The molecular formula is C80H108O24S6. The molecule has 0 N–H and O–H groups in total. The fourth-order valence-electron chi connectivity index (χ4n) is 11.3. The molecule has 24 nitrogen and oxygen atoms in total. The highest BCUT2D eigenvalue weighted by molar-refractivity contribution is 8.01. The van der Waals surface area contributed by atoms with Gasteiger partial charge in [-0.15, -0.1) is 23.5 Å². The Balaban J connectivity index is 0.000000570. The van der Waals surface area contributed by atoms with E-state index < -0.39 is 138 Å². The van der Waals surface area contributed by atoms with E-state index in [0.717, 1.165) is 29.4 Å². The van der Waals surface area contributed by atoms with Crippen LogP contribution in [-0.2, 0) is 114 Å². The van der Waals surface area contributed by atoms with Gasteiger partial charge in [-0.05, 0) is 206 Å². The lowest BCUT2D eigenvalue weighted by Gasteiger charge is -2.29. The molecule has 0 bridgehead atoms. The van der Waals surface area contributed by atoms with E-state index in [4.69, 9.17) is 56.8 Å². The van der Waals surface area contributed by atoms with Gasteiger partial charge in [-0.25, -0.2) is 0 Å². The predicted molar refractivity (Wildman–Crippen MR) is 423 cm³/mol. The van der Waals surface area contributed by atoms with Crippen LogP contribution in [0.1, 0.15) is 118 Å². The molecule has 0 amide bonds. The number of carbonyl (C=O) groups is 12. The molecule has 0 heterocycles. The summed E-state index contributed by atoms with van der Waals surface area (Å²) in [6, 6.07) is 31.9. The standard InChI is InChI=1S/2C40H54O12S3/c2*1-25-11-13-28(14-12-25)54-29-15-17-30(18-16-29)55-32(36(44)50-9)22-27(34(42)48-7)24-40(4,5)38(46)52-20-19-51-37(45)39(2,3)23-26(33(41)47-6)21-31(53-10)35(43)49-8/h2*11-18,26-27,31-32H,19-24H2,1-10H3. The first-order valence-corrected chi connectivity index (χ1v) is 41.2. The zero-order chi connectivity index (χ0) is 82.7. The Morgan fingerprint density at radius 1 is 0.282 bits per heavy atom. The van der Waals surface area contributed by atoms with Crippen molar-refractivity contribution in [3.63, 3.8) is 0 Å². The highest BCUT2D eigenvalue weighted by Crippen LogP contribution is 2.41. The Morgan fingerprint density at radius 3 is 0.664 bits per heavy atom. The van der Waals surface area contributed by atoms with Crippen molar-refractivity contribution >= 4 is 142 Å². The van der Waals surface area contributed by atoms with Crippen molar-refractivity contribution in [3.05, 3.63) is 108 Å². The van der Waals surface area contributed by atoms with Crippen molar-refractivity contribution in [3.8, 4) is 0 Å². The van der Waals surface area contributed by atoms with Gasteiger partial charge < -0.3 is 56.8 Å². The molecule has 4 aromatic rings. The second-order valence-corrected chi connectivity index (χ2v) is 35.2. The summed E-state index contributed by atoms with van der Waals surface area (Å²) < 4.78 is 61.6. The molecule has 0 spiro atoms. The third kappa shape index (κ3) is 32.7. The molecular weight excluding hydrogens is 1540 g/mol. The number of methoxy groups -OCH3 is 8. The summed E-state index contributed by atoms with van der Waals surface area (Å²) in [6.07, 6.45) is 3.82. The lowest BCUT2D eigenvalue weighted by molar-refractivity contribution is -0.165. The van der Waals surface area contributed by atoms with Crippen LogP contribution in [-0.4, -0.2) is 188 Å². The number of ether oxygens (including phenoxy) is 12. The van der Waals surface area contributed by atoms with E-state index >= 15 is 0 Å². The largest absolute Gasteiger partial charge is 0.469 e. The molecule has 0 radical (unpaired) electrons. The van der Waals surface area contributed by atoms with Crippen molar-refractivity contribution in [1.29, 1.82) is 0 Å². The molecule has 0 saturated heterocycles. The van der Waals surface area contributed by atoms with Gasteiger partial charge in [0.2, 0.25) is 0 Å². The minimum absolute atomic E-state index is 0.00301. The predicted octanol–water partition coefficient (Wildman–Crippen LogP) is 13.9. The SMILES string of the molecule is COC(=O)C(CC(SC)C(=O)OC)CC(C)(C)C(=O)OCCOC(=O)C(C)(C)CC(CC(Sc1ccc(Sc2ccc(C)cc2)cc1)C(=O)OC)C(=O)OC.COC(=O)C(CC(SC)C(=O)OC)CC(C)(C)C(=O)OCCOC(=O)C(C)(C)CC(CC(Sc1ccc(Sc2ccc(C)cc2)cc1)C(=O)OC)C(=O)OC. The van der Waals surface area contributed by atoms with E-state index in [1.807, 2.05) is 62.4 Å². The van der Waals surface area contributed by atoms with Crippen LogP contribution < -0.4 is 0 Å². The molecule has 30 heteroatoms. The summed E-state index contributed by atoms with van der Waals surface area (Å²) in [5.41, 5.74) is -2.32. The van der Waals surface area contributed by atoms with Crippen LogP contribution in [0.3, 0.4) is 0 Å². The Hall–Kier alpha value is -7.38. The van der Waals surface area contributed by atoms with E-state index in [2.05, 4.69) is 48.5 Å². The number of hydrogen-bond acceptors (Lipinski definition) is 30. The van der Waals surface area contributed by atoms with Crippen molar-refractivity contribution in [2.45, 2.75) is 171 Å². The van der Waals surface area contributed by atoms with Gasteiger partial charge in [0, 0.05) is 29.4 Å². The molecule has 0 aromatic heterocycles. The minimum atomic E-state index is -1.19. The van der Waals surface area contributed by atoms with E-state index in [9.17, 15) is 57.5 Å². The smallest absolute Gasteiger partial charge is 0.319 e. The first kappa shape index (κ1) is 96.8. The fourth-order valence-corrected chi connectivity index (χ4v) is 16.7. The molecule has 0 aliphatic rings. The van der Waals surface area contributed by atoms with Gasteiger partial charge in [0.05, 0.1) is 102 Å². The summed E-state index contributed by atoms with van der Waals surface area (Å²) in [6.45, 7) is 16.0. The second-order valence-electron chi connectivity index (χ2n) is 28.2. The molecule has 0 saturated carbocycles. The van der Waals surface area contributed by atoms with E-state index in [1.165, 1.54) is 115 Å². The number of esters is 12. The Morgan fingerprint density at radius 2 is 0.464 bits per heavy atom. The molecule has 110 heavy (non-hydrogen) atoms. The van der Waals surface area contributed by atoms with E-state index in [1.54, 1.807) is 91.4 Å². The van der Waals surface area contributed by atoms with Crippen LogP contribution in [0.15, 0.2) is 126 Å². The summed E-state index contributed by atoms with van der Waals surface area (Å²) in [5.74, 6) is -10.1. The number of aryl methyl sites for hydroxylation is 2. The molecule has 4 aromatic carbocycles. The van der Waals surface area contributed by atoms with Gasteiger partial charge in [0.1, 0.15) is 47.4 Å². The minimum Gasteiger partial charge on any atom is -0.469 e. The summed E-state index contributed by atoms with van der Waals surface area (Å²) in [4.78, 5) is 160. The summed E-state index contributed by atoms with van der Waals surface area (Å²) in [5, 5.41) is -2.80. The highest BCUT2D eigenvalue weighted by atomic mass is 32.2. The van der Waals surface area contributed by atoms with Gasteiger partial charge in [-0.2, -0.15) is 23.5 Å². The lowest BCUT2D eigenvalue weighted by atomic mass is 9.81. The van der Waals surface area contributed by atoms with E-state index in [-0.39, 0.29) is 77.8 Å². The topological polar surface area (TPSA) is 316 Å².